The Morgan fingerprint density at radius 2 is 2.50 bits per heavy atom. The van der Waals surface area contributed by atoms with Gasteiger partial charge in [0.1, 0.15) is 0 Å². The van der Waals surface area contributed by atoms with Gasteiger partial charge >= 0.3 is 11.7 Å². The molecule has 0 aliphatic carbocycles. The first kappa shape index (κ1) is 5.95. The van der Waals surface area contributed by atoms with Crippen LogP contribution in [0.1, 0.15) is 6.92 Å². The zero-order valence-corrected chi connectivity index (χ0v) is 4.30. The third kappa shape index (κ3) is 3.95. The predicted octanol–water partition coefficient (Wildman–Crippen LogP) is 0.772. The molecular formula is C3H6FOS+. The molecule has 0 fully saturated rings. The SMILES string of the molecule is CC(F)C[S+]=O. The lowest BCUT2D eigenvalue weighted by molar-refractivity contribution is 0.395. The minimum absolute atomic E-state index is 0.0694. The maximum atomic E-state index is 11.5. The van der Waals surface area contributed by atoms with Crippen molar-refractivity contribution in [1.29, 1.82) is 0 Å². The summed E-state index contributed by atoms with van der Waals surface area (Å²) in [6, 6.07) is 0. The summed E-state index contributed by atoms with van der Waals surface area (Å²) in [4.78, 5) is 0. The lowest BCUT2D eigenvalue weighted by Crippen LogP contribution is -1.96. The van der Waals surface area contributed by atoms with Crippen LogP contribution in [0.15, 0.2) is 0 Å². The fourth-order valence-electron chi connectivity index (χ4n) is 0.0938. The Balaban J connectivity index is 2.81. The zero-order valence-electron chi connectivity index (χ0n) is 3.48. The molecule has 0 rings (SSSR count). The van der Waals surface area contributed by atoms with Crippen LogP contribution in [0.25, 0.3) is 0 Å². The molecule has 0 aliphatic heterocycles. The maximum Gasteiger partial charge on any atom is 0.461 e. The van der Waals surface area contributed by atoms with Gasteiger partial charge in [-0.05, 0) is 6.92 Å². The first-order valence-electron chi connectivity index (χ1n) is 1.66. The summed E-state index contributed by atoms with van der Waals surface area (Å²) in [6.45, 7) is 1.37. The Morgan fingerprint density at radius 3 is 2.50 bits per heavy atom. The smallest absolute Gasteiger partial charge is 0.242 e. The highest BCUT2D eigenvalue weighted by molar-refractivity contribution is 7.65. The summed E-state index contributed by atoms with van der Waals surface area (Å²) in [7, 11) is 0. The second-order valence-corrected chi connectivity index (χ2v) is 1.63. The van der Waals surface area contributed by atoms with Crippen LogP contribution in [-0.2, 0) is 15.9 Å². The van der Waals surface area contributed by atoms with Crippen LogP contribution >= 0.6 is 0 Å². The standard InChI is InChI=1S/C3H6FOS/c1-3(4)2-6-5/h3H,2H2,1H3/q+1. The van der Waals surface area contributed by atoms with E-state index in [2.05, 4.69) is 0 Å². The van der Waals surface area contributed by atoms with E-state index >= 15 is 0 Å². The molecule has 0 aromatic carbocycles. The van der Waals surface area contributed by atoms with Crippen LogP contribution in [0.5, 0.6) is 0 Å². The topological polar surface area (TPSA) is 17.1 Å². The first-order chi connectivity index (χ1) is 2.77. The second kappa shape index (κ2) is 3.15. The molecule has 0 N–H and O–H groups in total. The second-order valence-electron chi connectivity index (χ2n) is 1.07. The van der Waals surface area contributed by atoms with Crippen LogP contribution in [0.2, 0.25) is 0 Å². The fourth-order valence-corrected chi connectivity index (χ4v) is 0.281. The highest BCUT2D eigenvalue weighted by atomic mass is 32.1. The van der Waals surface area contributed by atoms with E-state index in [1.54, 1.807) is 0 Å². The molecule has 0 aliphatic rings. The van der Waals surface area contributed by atoms with E-state index in [4.69, 9.17) is 0 Å². The summed E-state index contributed by atoms with van der Waals surface area (Å²) in [5.74, 6) is 0.0694. The molecule has 0 saturated carbocycles. The van der Waals surface area contributed by atoms with E-state index in [9.17, 15) is 8.60 Å². The van der Waals surface area contributed by atoms with Gasteiger partial charge in [0, 0.05) is 4.21 Å². The highest BCUT2D eigenvalue weighted by Crippen LogP contribution is 1.83. The van der Waals surface area contributed by atoms with Crippen molar-refractivity contribution < 1.29 is 8.60 Å². The van der Waals surface area contributed by atoms with Gasteiger partial charge in [0.15, 0.2) is 6.17 Å². The average Bonchev–Trinajstić information content (AvgIpc) is 1.35. The summed E-state index contributed by atoms with van der Waals surface area (Å²) in [6.07, 6.45) is -0.951. The quantitative estimate of drug-likeness (QED) is 0.479. The molecule has 1 unspecified atom stereocenters. The van der Waals surface area contributed by atoms with Crippen LogP contribution in [0.4, 0.5) is 4.39 Å². The molecule has 1 nitrogen and oxygen atoms in total. The van der Waals surface area contributed by atoms with Crippen molar-refractivity contribution in [2.75, 3.05) is 5.75 Å². The van der Waals surface area contributed by atoms with E-state index in [0.717, 1.165) is 0 Å². The molecule has 0 spiro atoms. The maximum absolute atomic E-state index is 11.5. The molecule has 6 heavy (non-hydrogen) atoms. The first-order valence-corrected chi connectivity index (χ1v) is 2.57. The number of halogens is 1. The average molecular weight is 109 g/mol. The Hall–Kier alpha value is -0.0500. The Morgan fingerprint density at radius 1 is 2.00 bits per heavy atom. The summed E-state index contributed by atoms with van der Waals surface area (Å²) >= 11 is 0.285. The lowest BCUT2D eigenvalue weighted by Gasteiger charge is -1.75. The van der Waals surface area contributed by atoms with Crippen molar-refractivity contribution in [2.24, 2.45) is 0 Å². The summed E-state index contributed by atoms with van der Waals surface area (Å²) in [5, 5.41) is 0. The van der Waals surface area contributed by atoms with Gasteiger partial charge in [-0.2, -0.15) is 0 Å². The van der Waals surface area contributed by atoms with Crippen molar-refractivity contribution in [3.8, 4) is 0 Å². The van der Waals surface area contributed by atoms with Gasteiger partial charge in [-0.1, -0.05) is 0 Å². The van der Waals surface area contributed by atoms with Gasteiger partial charge < -0.3 is 0 Å². The van der Waals surface area contributed by atoms with Crippen molar-refractivity contribution in [3.05, 3.63) is 0 Å². The van der Waals surface area contributed by atoms with Crippen molar-refractivity contribution in [2.45, 2.75) is 13.1 Å². The van der Waals surface area contributed by atoms with Crippen LogP contribution in [-0.4, -0.2) is 11.9 Å². The van der Waals surface area contributed by atoms with E-state index in [1.165, 1.54) is 6.92 Å². The zero-order chi connectivity index (χ0) is 4.99. The molecule has 3 heteroatoms. The summed E-state index contributed by atoms with van der Waals surface area (Å²) in [5.41, 5.74) is 0. The minimum Gasteiger partial charge on any atom is -0.242 e. The molecule has 0 saturated heterocycles. The van der Waals surface area contributed by atoms with Crippen molar-refractivity contribution >= 4 is 11.7 Å². The monoisotopic (exact) mass is 109 g/mol. The van der Waals surface area contributed by atoms with E-state index in [0.29, 0.717) is 0 Å². The molecule has 0 aromatic rings. The molecule has 0 radical (unpaired) electrons. The van der Waals surface area contributed by atoms with Crippen molar-refractivity contribution in [1.82, 2.24) is 0 Å². The molecule has 0 amide bonds. The van der Waals surface area contributed by atoms with Gasteiger partial charge in [0.05, 0.1) is 0 Å². The van der Waals surface area contributed by atoms with E-state index < -0.39 is 6.17 Å². The number of hydrogen-bond acceptors (Lipinski definition) is 1. The van der Waals surface area contributed by atoms with Gasteiger partial charge in [-0.15, -0.1) is 0 Å². The van der Waals surface area contributed by atoms with Crippen LogP contribution < -0.4 is 0 Å². The molecular weight excluding hydrogens is 103 g/mol. The molecule has 0 heterocycles. The predicted molar refractivity (Wildman–Crippen MR) is 23.5 cm³/mol. The molecule has 0 bridgehead atoms. The van der Waals surface area contributed by atoms with Gasteiger partial charge in [0.2, 0.25) is 0 Å². The number of hydrogen-bond donors (Lipinski definition) is 0. The Kier molecular flexibility index (Phi) is 3.13. The third-order valence-corrected chi connectivity index (χ3v) is 0.893. The van der Waals surface area contributed by atoms with Gasteiger partial charge in [-0.3, -0.25) is 0 Å². The minimum atomic E-state index is -0.951. The Bertz CT molecular complexity index is 46.1. The van der Waals surface area contributed by atoms with Gasteiger partial charge in [0.25, 0.3) is 5.75 Å². The van der Waals surface area contributed by atoms with E-state index in [1.807, 2.05) is 0 Å². The van der Waals surface area contributed by atoms with E-state index in [-0.39, 0.29) is 17.4 Å². The largest absolute Gasteiger partial charge is 0.461 e. The third-order valence-electron chi connectivity index (χ3n) is 0.298. The van der Waals surface area contributed by atoms with Crippen molar-refractivity contribution in [3.63, 3.8) is 0 Å². The molecule has 1 atom stereocenters. The fraction of sp³-hybridized carbons (Fsp3) is 1.00. The Labute approximate surface area is 40.0 Å². The van der Waals surface area contributed by atoms with Gasteiger partial charge in [-0.25, -0.2) is 4.39 Å². The molecule has 0 aromatic heterocycles. The number of alkyl halides is 1. The van der Waals surface area contributed by atoms with Crippen LogP contribution in [0, 0.1) is 0 Å². The normalized spacial score (nSPS) is 13.7. The van der Waals surface area contributed by atoms with Crippen LogP contribution in [0.3, 0.4) is 0 Å². The molecule has 36 valence electrons. The number of rotatable bonds is 2. The summed E-state index contributed by atoms with van der Waals surface area (Å²) < 4.78 is 20.9. The highest BCUT2D eigenvalue weighted by Gasteiger charge is 2.05. The lowest BCUT2D eigenvalue weighted by atomic mass is 10.5.